The molecule has 2 amide bonds. The van der Waals surface area contributed by atoms with E-state index in [0.29, 0.717) is 27.0 Å². The minimum atomic E-state index is -0.299. The maximum atomic E-state index is 12.8. The number of nitrogens with one attached hydrogen (secondary N) is 2. The molecule has 0 bridgehead atoms. The predicted octanol–water partition coefficient (Wildman–Crippen LogP) is 3.48. The minimum Gasteiger partial charge on any atom is -0.348 e. The number of benzene rings is 1. The molecule has 2 N–H and O–H groups in total. The third-order valence-electron chi connectivity index (χ3n) is 5.10. The van der Waals surface area contributed by atoms with Crippen LogP contribution in [0.1, 0.15) is 28.9 Å². The highest BCUT2D eigenvalue weighted by atomic mass is 35.5. The molecule has 9 heteroatoms. The molecule has 3 aromatic rings. The van der Waals surface area contributed by atoms with Crippen molar-refractivity contribution in [3.05, 3.63) is 74.6 Å². The first-order valence-electron chi connectivity index (χ1n) is 9.51. The lowest BCUT2D eigenvalue weighted by atomic mass is 10.0. The summed E-state index contributed by atoms with van der Waals surface area (Å²) >= 11 is 7.12. The Morgan fingerprint density at radius 3 is 2.63 bits per heavy atom. The zero-order valence-electron chi connectivity index (χ0n) is 15.9. The number of hydrogen-bond donors (Lipinski definition) is 2. The van der Waals surface area contributed by atoms with Gasteiger partial charge in [0.25, 0.3) is 11.5 Å². The Kier molecular flexibility index (Phi) is 5.96. The quantitative estimate of drug-likeness (QED) is 0.632. The van der Waals surface area contributed by atoms with Crippen LogP contribution in [-0.4, -0.2) is 27.4 Å². The van der Waals surface area contributed by atoms with Gasteiger partial charge in [-0.2, -0.15) is 0 Å². The summed E-state index contributed by atoms with van der Waals surface area (Å²) in [6.45, 7) is 0. The van der Waals surface area contributed by atoms with Gasteiger partial charge in [-0.05, 0) is 49.2 Å². The van der Waals surface area contributed by atoms with Gasteiger partial charge in [0.2, 0.25) is 5.91 Å². The van der Waals surface area contributed by atoms with Crippen molar-refractivity contribution < 1.29 is 9.59 Å². The molecule has 2 heterocycles. The van der Waals surface area contributed by atoms with Gasteiger partial charge in [0.05, 0.1) is 21.3 Å². The van der Waals surface area contributed by atoms with E-state index in [1.807, 2.05) is 0 Å². The van der Waals surface area contributed by atoms with E-state index >= 15 is 0 Å². The Bertz CT molecular complexity index is 1130. The number of carbonyl (C=O) groups excluding carboxylic acids is 2. The molecule has 30 heavy (non-hydrogen) atoms. The van der Waals surface area contributed by atoms with Crippen LogP contribution in [0.15, 0.2) is 59.8 Å². The number of rotatable bonds is 5. The molecular formula is C21H19ClN4O3S. The smallest absolute Gasteiger partial charge is 0.273 e. The Hall–Kier alpha value is -2.97. The number of nitrogens with zero attached hydrogens (tertiary/aromatic N) is 2. The van der Waals surface area contributed by atoms with Gasteiger partial charge in [-0.25, -0.2) is 0 Å². The van der Waals surface area contributed by atoms with E-state index in [1.165, 1.54) is 28.3 Å². The van der Waals surface area contributed by atoms with Gasteiger partial charge >= 0.3 is 0 Å². The van der Waals surface area contributed by atoms with Crippen molar-refractivity contribution >= 4 is 40.4 Å². The highest BCUT2D eigenvalue weighted by Gasteiger charge is 2.34. The fraction of sp³-hybridized carbons (Fsp3) is 0.238. The monoisotopic (exact) mass is 442 g/mol. The Morgan fingerprint density at radius 1 is 1.13 bits per heavy atom. The van der Waals surface area contributed by atoms with Crippen LogP contribution in [0.25, 0.3) is 5.69 Å². The molecule has 0 spiro atoms. The summed E-state index contributed by atoms with van der Waals surface area (Å²) in [6.07, 6.45) is 6.71. The molecule has 0 unspecified atom stereocenters. The van der Waals surface area contributed by atoms with Crippen molar-refractivity contribution in [3.8, 4) is 5.69 Å². The summed E-state index contributed by atoms with van der Waals surface area (Å²) in [5.74, 6) is -0.633. The molecule has 1 aliphatic rings. The summed E-state index contributed by atoms with van der Waals surface area (Å²) in [6, 6.07) is 10.2. The molecule has 4 rings (SSSR count). The maximum absolute atomic E-state index is 12.8. The SMILES string of the molecule is O=C(N[C@@H]1CCC[C@@H]1C(=O)Nc1ccc(-n2ccncc2=O)cc1)c1ccc(Cl)s1. The number of thiophene rings is 1. The Balaban J connectivity index is 1.41. The Morgan fingerprint density at radius 2 is 1.93 bits per heavy atom. The van der Waals surface area contributed by atoms with Crippen LogP contribution in [-0.2, 0) is 4.79 Å². The highest BCUT2D eigenvalue weighted by molar-refractivity contribution is 7.18. The number of carbonyl (C=O) groups is 2. The summed E-state index contributed by atoms with van der Waals surface area (Å²) < 4.78 is 2.02. The van der Waals surface area contributed by atoms with Crippen molar-refractivity contribution in [1.82, 2.24) is 14.9 Å². The largest absolute Gasteiger partial charge is 0.348 e. The maximum Gasteiger partial charge on any atom is 0.273 e. The van der Waals surface area contributed by atoms with Crippen LogP contribution in [0, 0.1) is 5.92 Å². The predicted molar refractivity (Wildman–Crippen MR) is 116 cm³/mol. The average Bonchev–Trinajstić information content (AvgIpc) is 3.38. The van der Waals surface area contributed by atoms with Crippen molar-refractivity contribution in [2.24, 2.45) is 5.92 Å². The molecule has 154 valence electrons. The molecular weight excluding hydrogens is 424 g/mol. The van der Waals surface area contributed by atoms with Gasteiger partial charge < -0.3 is 10.6 Å². The third kappa shape index (κ3) is 4.44. The van der Waals surface area contributed by atoms with Gasteiger partial charge in [-0.3, -0.25) is 23.9 Å². The lowest BCUT2D eigenvalue weighted by Crippen LogP contribution is -2.41. The number of aromatic nitrogens is 2. The molecule has 1 fully saturated rings. The van der Waals surface area contributed by atoms with Crippen molar-refractivity contribution in [3.63, 3.8) is 0 Å². The Labute approximate surface area is 181 Å². The molecule has 2 atom stereocenters. The first-order chi connectivity index (χ1) is 14.5. The topological polar surface area (TPSA) is 93.1 Å². The van der Waals surface area contributed by atoms with Crippen molar-refractivity contribution in [2.45, 2.75) is 25.3 Å². The first-order valence-corrected chi connectivity index (χ1v) is 10.7. The van der Waals surface area contributed by atoms with Gasteiger partial charge in [-0.1, -0.05) is 18.0 Å². The second-order valence-corrected chi connectivity index (χ2v) is 8.76. The standard InChI is InChI=1S/C21H19ClN4O3S/c22-18-9-8-17(30-18)21(29)25-16-3-1-2-15(16)20(28)24-13-4-6-14(7-5-13)26-11-10-23-12-19(26)27/h4-12,15-16H,1-3H2,(H,24,28)(H,25,29)/t15-,16+/m0/s1. The summed E-state index contributed by atoms with van der Waals surface area (Å²) in [7, 11) is 0. The van der Waals surface area contributed by atoms with Gasteiger partial charge in [-0.15, -0.1) is 11.3 Å². The van der Waals surface area contributed by atoms with Crippen molar-refractivity contribution in [1.29, 1.82) is 0 Å². The van der Waals surface area contributed by atoms with E-state index in [9.17, 15) is 14.4 Å². The van der Waals surface area contributed by atoms with Crippen LogP contribution >= 0.6 is 22.9 Å². The fourth-order valence-electron chi connectivity index (χ4n) is 3.62. The zero-order valence-corrected chi connectivity index (χ0v) is 17.4. The second kappa shape index (κ2) is 8.81. The molecule has 7 nitrogen and oxygen atoms in total. The van der Waals surface area contributed by atoms with E-state index in [4.69, 9.17) is 11.6 Å². The van der Waals surface area contributed by atoms with E-state index in [-0.39, 0.29) is 29.3 Å². The van der Waals surface area contributed by atoms with E-state index in [2.05, 4.69) is 15.6 Å². The molecule has 0 radical (unpaired) electrons. The van der Waals surface area contributed by atoms with Gasteiger partial charge in [0.15, 0.2) is 0 Å². The summed E-state index contributed by atoms with van der Waals surface area (Å²) in [5, 5.41) is 5.89. The van der Waals surface area contributed by atoms with Gasteiger partial charge in [0.1, 0.15) is 0 Å². The van der Waals surface area contributed by atoms with Crippen LogP contribution in [0.5, 0.6) is 0 Å². The van der Waals surface area contributed by atoms with E-state index in [0.717, 1.165) is 12.8 Å². The number of amides is 2. The van der Waals surface area contributed by atoms with Crippen LogP contribution in [0.4, 0.5) is 5.69 Å². The summed E-state index contributed by atoms with van der Waals surface area (Å²) in [4.78, 5) is 41.4. The van der Waals surface area contributed by atoms with Crippen molar-refractivity contribution in [2.75, 3.05) is 5.32 Å². The average molecular weight is 443 g/mol. The number of hydrogen-bond acceptors (Lipinski definition) is 5. The molecule has 1 aromatic carbocycles. The van der Waals surface area contributed by atoms with Crippen LogP contribution < -0.4 is 16.2 Å². The van der Waals surface area contributed by atoms with Crippen LogP contribution in [0.3, 0.4) is 0 Å². The third-order valence-corrected chi connectivity index (χ3v) is 6.33. The second-order valence-electron chi connectivity index (χ2n) is 7.04. The van der Waals surface area contributed by atoms with E-state index < -0.39 is 0 Å². The molecule has 0 aliphatic heterocycles. The number of anilines is 1. The lowest BCUT2D eigenvalue weighted by Gasteiger charge is -2.20. The molecule has 1 aliphatic carbocycles. The zero-order chi connectivity index (χ0) is 21.1. The molecule has 1 saturated carbocycles. The fourth-order valence-corrected chi connectivity index (χ4v) is 4.57. The number of halogens is 1. The van der Waals surface area contributed by atoms with E-state index in [1.54, 1.807) is 42.6 Å². The summed E-state index contributed by atoms with van der Waals surface area (Å²) in [5.41, 5.74) is 1.08. The minimum absolute atomic E-state index is 0.129. The van der Waals surface area contributed by atoms with Gasteiger partial charge in [0, 0.05) is 29.8 Å². The highest BCUT2D eigenvalue weighted by Crippen LogP contribution is 2.28. The molecule has 0 saturated heterocycles. The molecule has 2 aromatic heterocycles. The van der Waals surface area contributed by atoms with Crippen LogP contribution in [0.2, 0.25) is 4.34 Å². The lowest BCUT2D eigenvalue weighted by molar-refractivity contribution is -0.120. The normalized spacial score (nSPS) is 18.2. The first kappa shape index (κ1) is 20.3.